The molecule has 0 saturated heterocycles. The molecule has 0 aromatic heterocycles. The van der Waals surface area contributed by atoms with Crippen LogP contribution in [-0.4, -0.2) is 23.2 Å². The van der Waals surface area contributed by atoms with E-state index in [2.05, 4.69) is 10.5 Å². The Bertz CT molecular complexity index is 1350. The first-order valence-electron chi connectivity index (χ1n) is 10.8. The molecule has 0 fully saturated rings. The van der Waals surface area contributed by atoms with Gasteiger partial charge < -0.3 is 9.84 Å². The summed E-state index contributed by atoms with van der Waals surface area (Å²) in [7, 11) is 0. The van der Waals surface area contributed by atoms with Crippen molar-refractivity contribution in [2.24, 2.45) is 5.10 Å². The first-order valence-corrected chi connectivity index (χ1v) is 11.6. The maximum absolute atomic E-state index is 13.1. The summed E-state index contributed by atoms with van der Waals surface area (Å²) in [5.74, 6) is -0.971. The van der Waals surface area contributed by atoms with Crippen LogP contribution in [0.4, 0.5) is 0 Å². The molecule has 1 amide bonds. The molecule has 180 valence electrons. The Morgan fingerprint density at radius 1 is 0.806 bits per heavy atom. The Balaban J connectivity index is 1.44. The number of esters is 1. The third kappa shape index (κ3) is 5.63. The number of rotatable bonds is 7. The molecule has 0 bridgehead atoms. The van der Waals surface area contributed by atoms with E-state index in [4.69, 9.17) is 27.9 Å². The van der Waals surface area contributed by atoms with Crippen LogP contribution in [0.1, 0.15) is 27.0 Å². The van der Waals surface area contributed by atoms with Gasteiger partial charge in [0.15, 0.2) is 5.60 Å². The molecule has 4 rings (SSSR count). The monoisotopic (exact) mass is 518 g/mol. The van der Waals surface area contributed by atoms with Crippen LogP contribution in [0.5, 0.6) is 5.75 Å². The van der Waals surface area contributed by atoms with E-state index in [0.29, 0.717) is 27.5 Å². The molecule has 0 aliphatic carbocycles. The van der Waals surface area contributed by atoms with Gasteiger partial charge in [0.25, 0.3) is 5.91 Å². The van der Waals surface area contributed by atoms with Gasteiger partial charge in [-0.05, 0) is 59.2 Å². The highest BCUT2D eigenvalue weighted by atomic mass is 35.5. The Kier molecular flexibility index (Phi) is 7.80. The number of nitrogens with zero attached hydrogens (tertiary/aromatic N) is 1. The zero-order chi connectivity index (χ0) is 25.5. The number of carbonyl (C=O) groups is 2. The summed E-state index contributed by atoms with van der Waals surface area (Å²) in [5.41, 5.74) is 2.22. The van der Waals surface area contributed by atoms with Crippen molar-refractivity contribution in [1.82, 2.24) is 5.43 Å². The van der Waals surface area contributed by atoms with Crippen molar-refractivity contribution < 1.29 is 19.4 Å². The topological polar surface area (TPSA) is 88.0 Å². The Labute approximate surface area is 217 Å². The second-order valence-corrected chi connectivity index (χ2v) is 8.54. The molecule has 2 N–H and O–H groups in total. The molecule has 4 aromatic rings. The minimum atomic E-state index is -1.93. The van der Waals surface area contributed by atoms with E-state index in [1.165, 1.54) is 24.4 Å². The maximum atomic E-state index is 13.1. The highest BCUT2D eigenvalue weighted by molar-refractivity contribution is 6.42. The normalized spacial score (nSPS) is 11.3. The van der Waals surface area contributed by atoms with E-state index in [-0.39, 0.29) is 10.6 Å². The lowest BCUT2D eigenvalue weighted by Crippen LogP contribution is -2.43. The first kappa shape index (κ1) is 25.1. The van der Waals surface area contributed by atoms with Gasteiger partial charge in [0, 0.05) is 0 Å². The molecule has 0 radical (unpaired) electrons. The van der Waals surface area contributed by atoms with Gasteiger partial charge in [-0.2, -0.15) is 5.10 Å². The van der Waals surface area contributed by atoms with E-state index in [1.54, 1.807) is 84.9 Å². The smallest absolute Gasteiger partial charge is 0.343 e. The van der Waals surface area contributed by atoms with Crippen LogP contribution < -0.4 is 10.2 Å². The average molecular weight is 519 g/mol. The van der Waals surface area contributed by atoms with Crippen molar-refractivity contribution in [2.75, 3.05) is 0 Å². The highest BCUT2D eigenvalue weighted by Crippen LogP contribution is 2.30. The number of ether oxygens (including phenoxy) is 1. The van der Waals surface area contributed by atoms with E-state index in [1.807, 2.05) is 0 Å². The molecule has 0 heterocycles. The summed E-state index contributed by atoms with van der Waals surface area (Å²) in [6.45, 7) is 0. The van der Waals surface area contributed by atoms with Crippen LogP contribution in [0.25, 0.3) is 0 Å². The van der Waals surface area contributed by atoms with Gasteiger partial charge in [-0.15, -0.1) is 0 Å². The first-order chi connectivity index (χ1) is 17.4. The standard InChI is InChI=1S/C28H20Cl2N2O4/c29-24-16-13-20(17-25(24)30)26(33)36-23-14-11-19(12-15-23)18-31-32-27(34)28(35,21-7-3-1-4-8-21)22-9-5-2-6-10-22/h1-18,35H,(H,32,34)/b31-18-. The Morgan fingerprint density at radius 2 is 1.39 bits per heavy atom. The number of amides is 1. The van der Waals surface area contributed by atoms with E-state index >= 15 is 0 Å². The molecule has 0 spiro atoms. The number of aliphatic hydroxyl groups is 1. The van der Waals surface area contributed by atoms with Crippen LogP contribution >= 0.6 is 23.2 Å². The van der Waals surface area contributed by atoms with Crippen LogP contribution in [0.15, 0.2) is 108 Å². The minimum absolute atomic E-state index is 0.256. The molecule has 0 saturated carbocycles. The zero-order valence-corrected chi connectivity index (χ0v) is 20.3. The Morgan fingerprint density at radius 3 is 1.94 bits per heavy atom. The molecule has 6 nitrogen and oxygen atoms in total. The van der Waals surface area contributed by atoms with Gasteiger partial charge in [0.1, 0.15) is 5.75 Å². The summed E-state index contributed by atoms with van der Waals surface area (Å²) in [5, 5.41) is 16.0. The number of halogens is 2. The number of hydrogen-bond acceptors (Lipinski definition) is 5. The number of carbonyl (C=O) groups excluding carboxylic acids is 2. The van der Waals surface area contributed by atoms with Gasteiger partial charge in [-0.25, -0.2) is 10.2 Å². The summed E-state index contributed by atoms with van der Waals surface area (Å²) in [6, 6.07) is 28.3. The maximum Gasteiger partial charge on any atom is 0.343 e. The van der Waals surface area contributed by atoms with Crippen molar-refractivity contribution >= 4 is 41.3 Å². The van der Waals surface area contributed by atoms with Gasteiger partial charge in [-0.1, -0.05) is 83.9 Å². The summed E-state index contributed by atoms with van der Waals surface area (Å²) >= 11 is 11.8. The third-order valence-corrected chi connectivity index (χ3v) is 6.08. The fourth-order valence-corrected chi connectivity index (χ4v) is 3.74. The van der Waals surface area contributed by atoms with Gasteiger partial charge in [-0.3, -0.25) is 4.79 Å². The van der Waals surface area contributed by atoms with E-state index in [0.717, 1.165) is 0 Å². The van der Waals surface area contributed by atoms with E-state index in [9.17, 15) is 14.7 Å². The number of hydrogen-bond donors (Lipinski definition) is 2. The molecule has 4 aromatic carbocycles. The fourth-order valence-electron chi connectivity index (χ4n) is 3.44. The summed E-state index contributed by atoms with van der Waals surface area (Å²) in [4.78, 5) is 25.4. The molecule has 0 unspecified atom stereocenters. The van der Waals surface area contributed by atoms with Crippen molar-refractivity contribution in [2.45, 2.75) is 5.60 Å². The minimum Gasteiger partial charge on any atom is -0.423 e. The van der Waals surface area contributed by atoms with Crippen LogP contribution in [0.2, 0.25) is 10.0 Å². The average Bonchev–Trinajstić information content (AvgIpc) is 2.91. The molecule has 0 atom stereocenters. The summed E-state index contributed by atoms with van der Waals surface area (Å²) in [6.07, 6.45) is 1.42. The Hall–Kier alpha value is -3.97. The summed E-state index contributed by atoms with van der Waals surface area (Å²) < 4.78 is 5.35. The quantitative estimate of drug-likeness (QED) is 0.144. The fraction of sp³-hybridized carbons (Fsp3) is 0.0357. The van der Waals surface area contributed by atoms with Crippen LogP contribution in [-0.2, 0) is 10.4 Å². The molecule has 36 heavy (non-hydrogen) atoms. The van der Waals surface area contributed by atoms with Gasteiger partial charge >= 0.3 is 5.97 Å². The lowest BCUT2D eigenvalue weighted by atomic mass is 9.85. The van der Waals surface area contributed by atoms with Crippen molar-refractivity contribution in [3.63, 3.8) is 0 Å². The number of hydrazone groups is 1. The van der Waals surface area contributed by atoms with Gasteiger partial charge in [0.2, 0.25) is 0 Å². The van der Waals surface area contributed by atoms with Crippen LogP contribution in [0.3, 0.4) is 0 Å². The number of nitrogens with one attached hydrogen (secondary N) is 1. The van der Waals surface area contributed by atoms with Crippen molar-refractivity contribution in [1.29, 1.82) is 0 Å². The van der Waals surface area contributed by atoms with Crippen molar-refractivity contribution in [3.8, 4) is 5.75 Å². The predicted molar refractivity (Wildman–Crippen MR) is 139 cm³/mol. The third-order valence-electron chi connectivity index (χ3n) is 5.34. The second-order valence-electron chi connectivity index (χ2n) is 7.73. The SMILES string of the molecule is O=C(Oc1ccc(/C=N\NC(=O)C(O)(c2ccccc2)c2ccccc2)cc1)c1ccc(Cl)c(Cl)c1. The lowest BCUT2D eigenvalue weighted by Gasteiger charge is -2.27. The van der Waals surface area contributed by atoms with Crippen LogP contribution in [0, 0.1) is 0 Å². The van der Waals surface area contributed by atoms with Gasteiger partial charge in [0.05, 0.1) is 21.8 Å². The molecular formula is C28H20Cl2N2O4. The highest BCUT2D eigenvalue weighted by Gasteiger charge is 2.39. The van der Waals surface area contributed by atoms with Crippen molar-refractivity contribution in [3.05, 3.63) is 135 Å². The molecule has 0 aliphatic rings. The second kappa shape index (κ2) is 11.2. The molecule has 8 heteroatoms. The lowest BCUT2D eigenvalue weighted by molar-refractivity contribution is -0.136. The van der Waals surface area contributed by atoms with E-state index < -0.39 is 17.5 Å². The molecular weight excluding hydrogens is 499 g/mol. The zero-order valence-electron chi connectivity index (χ0n) is 18.8. The predicted octanol–water partition coefficient (Wildman–Crippen LogP) is 5.60. The molecule has 0 aliphatic heterocycles. The number of benzene rings is 4. The largest absolute Gasteiger partial charge is 0.423 e.